The first-order valence-electron chi connectivity index (χ1n) is 9.35. The monoisotopic (exact) mass is 463 g/mol. The standard InChI is InChI=1S/C18H27F6N3O2S/c1-4-27(30(29,5-2)12-17(19,20)21)11-10-13(3)25-16(28)26-15-8-6-14(7-9-15)18(22,23)24/h6-9,13,30H,4-5,10-12H2,1-3H3,(H2,25,26,28)/t13-/m1/s1. The molecule has 12 heteroatoms. The van der Waals surface area contributed by atoms with Gasteiger partial charge in [-0.05, 0) is 47.7 Å². The molecule has 0 saturated carbocycles. The molecule has 0 unspecified atom stereocenters. The fourth-order valence-corrected chi connectivity index (χ4v) is 5.22. The Hall–Kier alpha value is -1.82. The molecule has 0 aliphatic carbocycles. The maximum atomic E-state index is 12.8. The molecule has 0 bridgehead atoms. The molecular weight excluding hydrogens is 436 g/mol. The molecule has 1 rings (SSSR count). The zero-order valence-corrected chi connectivity index (χ0v) is 17.8. The highest BCUT2D eigenvalue weighted by atomic mass is 32.3. The van der Waals surface area contributed by atoms with Gasteiger partial charge >= 0.3 is 18.4 Å². The van der Waals surface area contributed by atoms with Crippen molar-refractivity contribution in [3.05, 3.63) is 29.8 Å². The van der Waals surface area contributed by atoms with Crippen LogP contribution in [-0.2, 0) is 16.3 Å². The van der Waals surface area contributed by atoms with Crippen molar-refractivity contribution in [2.24, 2.45) is 0 Å². The van der Waals surface area contributed by atoms with Crippen LogP contribution in [0.25, 0.3) is 0 Å². The Morgan fingerprint density at radius 3 is 2.10 bits per heavy atom. The van der Waals surface area contributed by atoms with Crippen LogP contribution < -0.4 is 10.6 Å². The first kappa shape index (κ1) is 26.2. The van der Waals surface area contributed by atoms with Crippen LogP contribution in [0.5, 0.6) is 0 Å². The van der Waals surface area contributed by atoms with Crippen molar-refractivity contribution in [1.29, 1.82) is 0 Å². The van der Waals surface area contributed by atoms with Gasteiger partial charge in [0, 0.05) is 30.6 Å². The molecular formula is C18H27F6N3O2S. The Labute approximate surface area is 172 Å². The van der Waals surface area contributed by atoms with Crippen molar-refractivity contribution in [1.82, 2.24) is 9.62 Å². The smallest absolute Gasteiger partial charge is 0.335 e. The van der Waals surface area contributed by atoms with E-state index >= 15 is 0 Å². The third-order valence-electron chi connectivity index (χ3n) is 4.47. The molecule has 0 aliphatic rings. The molecule has 5 nitrogen and oxygen atoms in total. The number of rotatable bonds is 9. The maximum absolute atomic E-state index is 12.8. The molecule has 0 aromatic heterocycles. The number of benzene rings is 1. The summed E-state index contributed by atoms with van der Waals surface area (Å²) in [5.74, 6) is -1.48. The van der Waals surface area contributed by atoms with Gasteiger partial charge in [0.25, 0.3) is 0 Å². The SMILES string of the molecule is CCN(CC[C@@H](C)NC(=O)Nc1ccc(C(F)(F)F)cc1)[SH](=O)(CC)CC(F)(F)F. The third-order valence-corrected chi connectivity index (χ3v) is 7.82. The number of carbonyl (C=O) groups is 1. The lowest BCUT2D eigenvalue weighted by Gasteiger charge is -2.36. The number of nitrogens with one attached hydrogen (secondary N) is 2. The summed E-state index contributed by atoms with van der Waals surface area (Å²) in [4.78, 5) is 12.0. The molecule has 174 valence electrons. The van der Waals surface area contributed by atoms with E-state index in [1.807, 2.05) is 0 Å². The van der Waals surface area contributed by atoms with Crippen LogP contribution in [-0.4, -0.2) is 51.4 Å². The molecule has 2 amide bonds. The fourth-order valence-electron chi connectivity index (χ4n) is 2.84. The molecule has 30 heavy (non-hydrogen) atoms. The van der Waals surface area contributed by atoms with Crippen LogP contribution in [0.2, 0.25) is 0 Å². The number of halogens is 6. The largest absolute Gasteiger partial charge is 0.416 e. The van der Waals surface area contributed by atoms with Gasteiger partial charge in [0.05, 0.1) is 5.56 Å². The van der Waals surface area contributed by atoms with Crippen molar-refractivity contribution < 1.29 is 35.3 Å². The molecule has 0 heterocycles. The van der Waals surface area contributed by atoms with Crippen molar-refractivity contribution in [2.75, 3.05) is 29.9 Å². The van der Waals surface area contributed by atoms with Crippen LogP contribution in [0, 0.1) is 0 Å². The number of alkyl halides is 6. The average molecular weight is 463 g/mol. The second kappa shape index (κ2) is 10.5. The molecule has 0 fully saturated rings. The molecule has 1 aromatic rings. The van der Waals surface area contributed by atoms with Crippen LogP contribution >= 0.6 is 0 Å². The first-order valence-corrected chi connectivity index (χ1v) is 11.4. The van der Waals surface area contributed by atoms with E-state index in [-0.39, 0.29) is 31.0 Å². The molecule has 0 aliphatic heterocycles. The van der Waals surface area contributed by atoms with Crippen molar-refractivity contribution >= 4 is 21.8 Å². The van der Waals surface area contributed by atoms with E-state index in [1.54, 1.807) is 13.8 Å². The van der Waals surface area contributed by atoms with E-state index in [0.29, 0.717) is 0 Å². The number of amides is 2. The van der Waals surface area contributed by atoms with Gasteiger partial charge < -0.3 is 10.6 Å². The van der Waals surface area contributed by atoms with E-state index in [9.17, 15) is 35.3 Å². The summed E-state index contributed by atoms with van der Waals surface area (Å²) in [5.41, 5.74) is -0.691. The summed E-state index contributed by atoms with van der Waals surface area (Å²) in [6.07, 6.45) is -8.77. The van der Waals surface area contributed by atoms with Crippen molar-refractivity contribution in [3.63, 3.8) is 0 Å². The number of hydrogen-bond donors (Lipinski definition) is 3. The maximum Gasteiger partial charge on any atom is 0.416 e. The predicted octanol–water partition coefficient (Wildman–Crippen LogP) is 4.44. The average Bonchev–Trinajstić information content (AvgIpc) is 2.60. The van der Waals surface area contributed by atoms with E-state index in [1.165, 1.54) is 11.2 Å². The summed E-state index contributed by atoms with van der Waals surface area (Å²) in [6, 6.07) is 2.76. The Morgan fingerprint density at radius 1 is 1.10 bits per heavy atom. The summed E-state index contributed by atoms with van der Waals surface area (Å²) in [7, 11) is -3.61. The van der Waals surface area contributed by atoms with Gasteiger partial charge in [0.2, 0.25) is 0 Å². The molecule has 1 atom stereocenters. The van der Waals surface area contributed by atoms with Crippen molar-refractivity contribution in [3.8, 4) is 0 Å². The molecule has 1 aromatic carbocycles. The van der Waals surface area contributed by atoms with Gasteiger partial charge in [-0.2, -0.15) is 26.3 Å². The number of urea groups is 1. The molecule has 0 saturated heterocycles. The summed E-state index contributed by atoms with van der Waals surface area (Å²) >= 11 is 0. The zero-order chi connectivity index (χ0) is 23.2. The third kappa shape index (κ3) is 8.50. The van der Waals surface area contributed by atoms with Gasteiger partial charge in [-0.15, -0.1) is 0 Å². The minimum absolute atomic E-state index is 0.0967. The van der Waals surface area contributed by atoms with Gasteiger partial charge in [-0.3, -0.25) is 4.21 Å². The fraction of sp³-hybridized carbons (Fsp3) is 0.611. The second-order valence-corrected chi connectivity index (χ2v) is 10.1. The molecule has 0 radical (unpaired) electrons. The minimum Gasteiger partial charge on any atom is -0.335 e. The second-order valence-electron chi connectivity index (χ2n) is 6.85. The molecule has 2 N–H and O–H groups in total. The highest BCUT2D eigenvalue weighted by Crippen LogP contribution is 2.29. The molecule has 0 spiro atoms. The lowest BCUT2D eigenvalue weighted by atomic mass is 10.2. The lowest BCUT2D eigenvalue weighted by Crippen LogP contribution is -2.47. The van der Waals surface area contributed by atoms with E-state index < -0.39 is 45.9 Å². The predicted molar refractivity (Wildman–Crippen MR) is 106 cm³/mol. The Kier molecular flexibility index (Phi) is 9.15. The quantitative estimate of drug-likeness (QED) is 0.375. The summed E-state index contributed by atoms with van der Waals surface area (Å²) in [6.45, 7) is 4.97. The van der Waals surface area contributed by atoms with Crippen LogP contribution in [0.15, 0.2) is 24.3 Å². The van der Waals surface area contributed by atoms with E-state index in [0.717, 1.165) is 24.3 Å². The van der Waals surface area contributed by atoms with Crippen LogP contribution in [0.3, 0.4) is 0 Å². The number of carbonyl (C=O) groups excluding carboxylic acids is 1. The van der Waals surface area contributed by atoms with Crippen LogP contribution in [0.1, 0.15) is 32.8 Å². The highest BCUT2D eigenvalue weighted by molar-refractivity contribution is 8.00. The highest BCUT2D eigenvalue weighted by Gasteiger charge is 2.37. The zero-order valence-electron chi connectivity index (χ0n) is 16.9. The van der Waals surface area contributed by atoms with Gasteiger partial charge in [0.1, 0.15) is 5.75 Å². The minimum atomic E-state index is -4.54. The van der Waals surface area contributed by atoms with Crippen molar-refractivity contribution in [2.45, 2.75) is 45.6 Å². The van der Waals surface area contributed by atoms with Gasteiger partial charge in [0.15, 0.2) is 0 Å². The number of hydrogen-bond acceptors (Lipinski definition) is 2. The topological polar surface area (TPSA) is 61.4 Å². The van der Waals surface area contributed by atoms with E-state index in [4.69, 9.17) is 0 Å². The van der Waals surface area contributed by atoms with Crippen LogP contribution in [0.4, 0.5) is 36.8 Å². The summed E-state index contributed by atoms with van der Waals surface area (Å²) in [5, 5.41) is 4.95. The van der Waals surface area contributed by atoms with Gasteiger partial charge in [-0.25, -0.2) is 9.10 Å². The first-order chi connectivity index (χ1) is 13.7. The Balaban J connectivity index is 2.61. The number of thiol groups is 1. The number of anilines is 1. The number of nitrogens with zero attached hydrogens (tertiary/aromatic N) is 1. The Morgan fingerprint density at radius 2 is 1.67 bits per heavy atom. The van der Waals surface area contributed by atoms with Gasteiger partial charge in [-0.1, -0.05) is 13.8 Å². The normalized spacial score (nSPS) is 14.5. The lowest BCUT2D eigenvalue weighted by molar-refractivity contribution is -0.137. The Bertz CT molecular complexity index is 737. The summed E-state index contributed by atoms with van der Waals surface area (Å²) < 4.78 is 90.0. The van der Waals surface area contributed by atoms with E-state index in [2.05, 4.69) is 10.6 Å².